The third kappa shape index (κ3) is 17.6. The molecule has 40 heavy (non-hydrogen) atoms. The van der Waals surface area contributed by atoms with Crippen LogP contribution in [0.1, 0.15) is 234 Å². The molecule has 0 aromatic carbocycles. The van der Waals surface area contributed by atoms with Gasteiger partial charge in [0, 0.05) is 10.8 Å². The molecule has 0 spiro atoms. The van der Waals surface area contributed by atoms with Gasteiger partial charge in [-0.05, 0) is 38.5 Å². The van der Waals surface area contributed by atoms with Crippen LogP contribution >= 0.6 is 0 Å². The number of carbonyl (C=O) groups is 1. The summed E-state index contributed by atoms with van der Waals surface area (Å²) >= 11 is 0. The molecule has 0 heterocycles. The summed E-state index contributed by atoms with van der Waals surface area (Å²) in [4.78, 5) is 15.5. The quantitative estimate of drug-likeness (QED) is 0.0745. The molecule has 240 valence electrons. The van der Waals surface area contributed by atoms with Gasteiger partial charge in [0.25, 0.3) is 0 Å². The minimum absolute atomic E-state index is 0.0600. The second-order valence-electron chi connectivity index (χ2n) is 13.8. The molecule has 0 aliphatic rings. The van der Waals surface area contributed by atoms with Gasteiger partial charge in [0.1, 0.15) is 5.78 Å². The molecule has 0 amide bonds. The van der Waals surface area contributed by atoms with Crippen molar-refractivity contribution in [2.75, 3.05) is 0 Å². The van der Waals surface area contributed by atoms with Crippen molar-refractivity contribution in [2.24, 2.45) is 10.8 Å². The van der Waals surface area contributed by atoms with E-state index >= 15 is 4.79 Å². The van der Waals surface area contributed by atoms with Crippen LogP contribution in [-0.2, 0) is 4.79 Å². The SMILES string of the molecule is CCCCCCC(CCCCCC)(CCCCCC)C(=O)C(CCCCCC)(CCCCCC)CCCCCC. The third-order valence-electron chi connectivity index (χ3n) is 10.0. The van der Waals surface area contributed by atoms with E-state index in [9.17, 15) is 0 Å². The Morgan fingerprint density at radius 2 is 0.475 bits per heavy atom. The molecular formula is C39H78O. The molecule has 0 atom stereocenters. The number of hydrogen-bond acceptors (Lipinski definition) is 1. The highest BCUT2D eigenvalue weighted by molar-refractivity contribution is 5.90. The van der Waals surface area contributed by atoms with Crippen molar-refractivity contribution in [2.45, 2.75) is 234 Å². The molecule has 0 N–H and O–H groups in total. The van der Waals surface area contributed by atoms with E-state index < -0.39 is 0 Å². The molecular weight excluding hydrogens is 484 g/mol. The molecule has 1 nitrogen and oxygen atoms in total. The Labute approximate surface area is 255 Å². The van der Waals surface area contributed by atoms with Crippen LogP contribution in [0.3, 0.4) is 0 Å². The minimum atomic E-state index is -0.0600. The van der Waals surface area contributed by atoms with E-state index in [-0.39, 0.29) is 10.8 Å². The van der Waals surface area contributed by atoms with Crippen molar-refractivity contribution in [3.05, 3.63) is 0 Å². The topological polar surface area (TPSA) is 17.1 Å². The fraction of sp³-hybridized carbons (Fsp3) is 0.974. The van der Waals surface area contributed by atoms with Crippen LogP contribution < -0.4 is 0 Å². The van der Waals surface area contributed by atoms with Gasteiger partial charge in [0.15, 0.2) is 0 Å². The Bertz CT molecular complexity index is 426. The normalized spacial score (nSPS) is 12.3. The zero-order valence-corrected chi connectivity index (χ0v) is 29.1. The summed E-state index contributed by atoms with van der Waals surface area (Å²) in [6, 6.07) is 0. The van der Waals surface area contributed by atoms with Crippen LogP contribution in [0.5, 0.6) is 0 Å². The molecule has 0 saturated carbocycles. The average molecular weight is 563 g/mol. The number of hydrogen-bond donors (Lipinski definition) is 0. The Kier molecular flexibility index (Phi) is 27.3. The lowest BCUT2D eigenvalue weighted by molar-refractivity contribution is -0.143. The van der Waals surface area contributed by atoms with Gasteiger partial charge in [-0.15, -0.1) is 0 Å². The summed E-state index contributed by atoms with van der Waals surface area (Å²) in [6.07, 6.45) is 38.1. The number of Topliss-reactive ketones (excluding diaryl/α,β-unsaturated/α-hetero) is 1. The number of unbranched alkanes of at least 4 members (excludes halogenated alkanes) is 18. The van der Waals surface area contributed by atoms with Gasteiger partial charge in [-0.3, -0.25) is 4.79 Å². The summed E-state index contributed by atoms with van der Waals surface area (Å²) in [7, 11) is 0. The highest BCUT2D eigenvalue weighted by Gasteiger charge is 2.47. The van der Waals surface area contributed by atoms with Crippen LogP contribution in [0.2, 0.25) is 0 Å². The van der Waals surface area contributed by atoms with Gasteiger partial charge >= 0.3 is 0 Å². The predicted molar refractivity (Wildman–Crippen MR) is 182 cm³/mol. The van der Waals surface area contributed by atoms with Crippen molar-refractivity contribution in [1.82, 2.24) is 0 Å². The predicted octanol–water partition coefficient (Wildman–Crippen LogP) is 14.4. The maximum atomic E-state index is 15.5. The molecule has 0 aromatic rings. The van der Waals surface area contributed by atoms with Crippen LogP contribution in [0.15, 0.2) is 0 Å². The summed E-state index contributed by atoms with van der Waals surface area (Å²) in [5.74, 6) is 0.772. The van der Waals surface area contributed by atoms with E-state index in [0.29, 0.717) is 0 Å². The van der Waals surface area contributed by atoms with E-state index in [1.165, 1.54) is 193 Å². The molecule has 0 aliphatic heterocycles. The first-order valence-corrected chi connectivity index (χ1v) is 19.1. The molecule has 0 aromatic heterocycles. The maximum Gasteiger partial charge on any atom is 0.145 e. The molecule has 1 heteroatoms. The summed E-state index contributed by atoms with van der Waals surface area (Å²) in [5, 5.41) is 0. The maximum absolute atomic E-state index is 15.5. The largest absolute Gasteiger partial charge is 0.298 e. The first-order chi connectivity index (χ1) is 19.5. The van der Waals surface area contributed by atoms with E-state index in [1.54, 1.807) is 0 Å². The molecule has 0 aliphatic carbocycles. The minimum Gasteiger partial charge on any atom is -0.298 e. The van der Waals surface area contributed by atoms with Crippen molar-refractivity contribution < 1.29 is 4.79 Å². The fourth-order valence-corrected chi connectivity index (χ4v) is 7.33. The molecule has 0 fully saturated rings. The zero-order valence-electron chi connectivity index (χ0n) is 29.1. The van der Waals surface area contributed by atoms with Crippen LogP contribution in [0.4, 0.5) is 0 Å². The molecule has 0 rings (SSSR count). The van der Waals surface area contributed by atoms with E-state index in [1.807, 2.05) is 0 Å². The lowest BCUT2D eigenvalue weighted by Crippen LogP contribution is -2.44. The first kappa shape index (κ1) is 39.7. The Balaban J connectivity index is 6.39. The van der Waals surface area contributed by atoms with Gasteiger partial charge in [0.2, 0.25) is 0 Å². The second-order valence-corrected chi connectivity index (χ2v) is 13.8. The second kappa shape index (κ2) is 27.5. The van der Waals surface area contributed by atoms with Gasteiger partial charge < -0.3 is 0 Å². The highest BCUT2D eigenvalue weighted by atomic mass is 16.1. The Morgan fingerprint density at radius 1 is 0.300 bits per heavy atom. The van der Waals surface area contributed by atoms with E-state index in [0.717, 1.165) is 5.78 Å². The molecule has 0 saturated heterocycles. The number of carbonyl (C=O) groups excluding carboxylic acids is 1. The first-order valence-electron chi connectivity index (χ1n) is 19.1. The molecule has 0 unspecified atom stereocenters. The van der Waals surface area contributed by atoms with E-state index in [4.69, 9.17) is 0 Å². The Hall–Kier alpha value is -0.330. The van der Waals surface area contributed by atoms with Gasteiger partial charge in [-0.25, -0.2) is 0 Å². The number of rotatable bonds is 32. The monoisotopic (exact) mass is 563 g/mol. The lowest BCUT2D eigenvalue weighted by atomic mass is 9.58. The number of ketones is 1. The van der Waals surface area contributed by atoms with Crippen LogP contribution in [0, 0.1) is 10.8 Å². The Morgan fingerprint density at radius 3 is 0.625 bits per heavy atom. The average Bonchev–Trinajstić information content (AvgIpc) is 2.97. The third-order valence-corrected chi connectivity index (χ3v) is 10.0. The summed E-state index contributed by atoms with van der Waals surface area (Å²) in [5.41, 5.74) is -0.120. The lowest BCUT2D eigenvalue weighted by Gasteiger charge is -2.44. The highest BCUT2D eigenvalue weighted by Crippen LogP contribution is 2.49. The van der Waals surface area contributed by atoms with Crippen molar-refractivity contribution in [3.8, 4) is 0 Å². The molecule has 0 radical (unpaired) electrons. The smallest absolute Gasteiger partial charge is 0.145 e. The molecule has 0 bridgehead atoms. The summed E-state index contributed by atoms with van der Waals surface area (Å²) < 4.78 is 0. The van der Waals surface area contributed by atoms with Crippen LogP contribution in [-0.4, -0.2) is 5.78 Å². The zero-order chi connectivity index (χ0) is 29.8. The fourth-order valence-electron chi connectivity index (χ4n) is 7.33. The van der Waals surface area contributed by atoms with Crippen LogP contribution in [0.25, 0.3) is 0 Å². The van der Waals surface area contributed by atoms with Crippen molar-refractivity contribution in [1.29, 1.82) is 0 Å². The van der Waals surface area contributed by atoms with Crippen molar-refractivity contribution in [3.63, 3.8) is 0 Å². The van der Waals surface area contributed by atoms with E-state index in [2.05, 4.69) is 41.5 Å². The summed E-state index contributed by atoms with van der Waals surface area (Å²) in [6.45, 7) is 13.9. The van der Waals surface area contributed by atoms with Gasteiger partial charge in [0.05, 0.1) is 0 Å². The van der Waals surface area contributed by atoms with Gasteiger partial charge in [-0.1, -0.05) is 196 Å². The van der Waals surface area contributed by atoms with Gasteiger partial charge in [-0.2, -0.15) is 0 Å². The standard InChI is InChI=1S/C39H78O/c1-7-13-19-25-31-38(32-26-20-14-8-2,33-27-21-15-9-3)37(40)39(34-28-22-16-10-4,35-29-23-17-11-5)36-30-24-18-12-6/h7-36H2,1-6H3. The van der Waals surface area contributed by atoms with Crippen molar-refractivity contribution >= 4 is 5.78 Å².